The third-order valence-corrected chi connectivity index (χ3v) is 6.19. The number of nitrogens with one attached hydrogen (secondary N) is 1. The Morgan fingerprint density at radius 2 is 2.12 bits per heavy atom. The second-order valence-electron chi connectivity index (χ2n) is 5.92. The molecule has 0 aliphatic carbocycles. The first kappa shape index (κ1) is 16.9. The van der Waals surface area contributed by atoms with Gasteiger partial charge in [-0.3, -0.25) is 4.79 Å². The molecule has 0 spiro atoms. The average Bonchev–Trinajstić information content (AvgIpc) is 3.38. The van der Waals surface area contributed by atoms with Crippen molar-refractivity contribution in [3.05, 3.63) is 58.7 Å². The van der Waals surface area contributed by atoms with E-state index in [9.17, 15) is 4.79 Å². The molecule has 1 N–H and O–H groups in total. The lowest BCUT2D eigenvalue weighted by Gasteiger charge is -2.07. The largest absolute Gasteiger partial charge is 0.351 e. The summed E-state index contributed by atoms with van der Waals surface area (Å²) in [6.45, 7) is 3.47. The van der Waals surface area contributed by atoms with Crippen LogP contribution in [0.4, 0.5) is 0 Å². The highest BCUT2D eigenvalue weighted by Gasteiger charge is 2.12. The van der Waals surface area contributed by atoms with Gasteiger partial charge in [-0.05, 0) is 36.9 Å². The summed E-state index contributed by atoms with van der Waals surface area (Å²) in [6, 6.07) is 12.1. The van der Waals surface area contributed by atoms with Crippen LogP contribution in [0.25, 0.3) is 20.9 Å². The number of para-hydroxylation sites is 2. The number of rotatable bonds is 6. The van der Waals surface area contributed by atoms with Gasteiger partial charge in [0.25, 0.3) is 5.91 Å². The van der Waals surface area contributed by atoms with E-state index in [-0.39, 0.29) is 5.91 Å². The molecule has 1 amide bonds. The van der Waals surface area contributed by atoms with Crippen molar-refractivity contribution in [3.63, 3.8) is 0 Å². The number of aromatic nitrogens is 3. The van der Waals surface area contributed by atoms with Crippen molar-refractivity contribution in [2.75, 3.05) is 6.54 Å². The maximum Gasteiger partial charge on any atom is 0.263 e. The molecule has 0 aliphatic heterocycles. The maximum absolute atomic E-state index is 12.3. The van der Waals surface area contributed by atoms with Gasteiger partial charge in [-0.2, -0.15) is 0 Å². The Bertz CT molecular complexity index is 1030. The van der Waals surface area contributed by atoms with E-state index in [2.05, 4.69) is 25.9 Å². The molecule has 0 saturated carbocycles. The molecule has 0 radical (unpaired) electrons. The fraction of sp³-hybridized carbons (Fsp3) is 0.211. The van der Waals surface area contributed by atoms with Crippen LogP contribution in [-0.2, 0) is 6.54 Å². The molecule has 0 saturated heterocycles. The highest BCUT2D eigenvalue weighted by Crippen LogP contribution is 2.28. The Labute approximate surface area is 159 Å². The summed E-state index contributed by atoms with van der Waals surface area (Å²) in [5.74, 6) is 0.943. The van der Waals surface area contributed by atoms with E-state index in [1.165, 1.54) is 11.3 Å². The van der Waals surface area contributed by atoms with Gasteiger partial charge in [0, 0.05) is 13.1 Å². The normalized spacial score (nSPS) is 11.1. The Kier molecular flexibility index (Phi) is 4.81. The van der Waals surface area contributed by atoms with Crippen LogP contribution in [0.5, 0.6) is 0 Å². The molecule has 1 aromatic carbocycles. The summed E-state index contributed by atoms with van der Waals surface area (Å²) in [4.78, 5) is 23.0. The zero-order valence-corrected chi connectivity index (χ0v) is 15.9. The lowest BCUT2D eigenvalue weighted by molar-refractivity contribution is 0.0956. The summed E-state index contributed by atoms with van der Waals surface area (Å²) in [5.41, 5.74) is 2.15. The molecule has 4 rings (SSSR count). The van der Waals surface area contributed by atoms with Gasteiger partial charge in [0.15, 0.2) is 0 Å². The van der Waals surface area contributed by atoms with E-state index in [1.54, 1.807) is 17.5 Å². The molecule has 3 aromatic heterocycles. The lowest BCUT2D eigenvalue weighted by atomic mass is 10.3. The first-order valence-electron chi connectivity index (χ1n) is 8.42. The van der Waals surface area contributed by atoms with E-state index in [1.807, 2.05) is 42.6 Å². The van der Waals surface area contributed by atoms with E-state index >= 15 is 0 Å². The van der Waals surface area contributed by atoms with Gasteiger partial charge < -0.3 is 9.88 Å². The van der Waals surface area contributed by atoms with E-state index in [0.717, 1.165) is 39.7 Å². The van der Waals surface area contributed by atoms with Crippen LogP contribution >= 0.6 is 22.7 Å². The number of benzene rings is 1. The highest BCUT2D eigenvalue weighted by atomic mass is 32.1. The maximum atomic E-state index is 12.3. The van der Waals surface area contributed by atoms with Gasteiger partial charge in [-0.25, -0.2) is 9.97 Å². The van der Waals surface area contributed by atoms with Crippen molar-refractivity contribution in [2.45, 2.75) is 19.9 Å². The van der Waals surface area contributed by atoms with Crippen LogP contribution in [0.1, 0.15) is 21.9 Å². The quantitative estimate of drug-likeness (QED) is 0.504. The number of carbonyl (C=O) groups excluding carboxylic acids is 1. The summed E-state index contributed by atoms with van der Waals surface area (Å²) >= 11 is 3.06. The minimum absolute atomic E-state index is 0.0579. The molecule has 132 valence electrons. The van der Waals surface area contributed by atoms with E-state index < -0.39 is 0 Å². The van der Waals surface area contributed by atoms with Crippen molar-refractivity contribution in [1.82, 2.24) is 19.9 Å². The van der Waals surface area contributed by atoms with Gasteiger partial charge in [0.2, 0.25) is 0 Å². The molecule has 26 heavy (non-hydrogen) atoms. The SMILES string of the molecule is Cc1nc2ccccc2n1CCCNC(=O)c1cnc(-c2cccs2)s1. The highest BCUT2D eigenvalue weighted by molar-refractivity contribution is 7.21. The predicted octanol–water partition coefficient (Wildman–Crippen LogP) is 4.35. The lowest BCUT2D eigenvalue weighted by Crippen LogP contribution is -2.24. The van der Waals surface area contributed by atoms with Crippen LogP contribution in [0.2, 0.25) is 0 Å². The number of thiophene rings is 1. The Hall–Kier alpha value is -2.51. The van der Waals surface area contributed by atoms with Crippen molar-refractivity contribution >= 4 is 39.6 Å². The van der Waals surface area contributed by atoms with Crippen LogP contribution < -0.4 is 5.32 Å². The van der Waals surface area contributed by atoms with Crippen LogP contribution in [0.15, 0.2) is 48.0 Å². The molecule has 5 nitrogen and oxygen atoms in total. The molecule has 0 atom stereocenters. The minimum Gasteiger partial charge on any atom is -0.351 e. The number of hydrogen-bond acceptors (Lipinski definition) is 5. The van der Waals surface area contributed by atoms with Crippen LogP contribution in [-0.4, -0.2) is 27.0 Å². The van der Waals surface area contributed by atoms with Crippen molar-refractivity contribution in [3.8, 4) is 9.88 Å². The average molecular weight is 383 g/mol. The standard InChI is InChI=1S/C19H18N4OS2/c1-13-22-14-6-2-3-7-15(14)23(13)10-5-9-20-18(24)17-12-21-19(26-17)16-8-4-11-25-16/h2-4,6-8,11-12H,5,9-10H2,1H3,(H,20,24). The summed E-state index contributed by atoms with van der Waals surface area (Å²) in [6.07, 6.45) is 2.51. The van der Waals surface area contributed by atoms with Gasteiger partial charge in [-0.15, -0.1) is 22.7 Å². The summed E-state index contributed by atoms with van der Waals surface area (Å²) < 4.78 is 2.20. The molecule has 3 heterocycles. The monoisotopic (exact) mass is 382 g/mol. The first-order valence-corrected chi connectivity index (χ1v) is 10.1. The molecular formula is C19H18N4OS2. The number of fused-ring (bicyclic) bond motifs is 1. The Morgan fingerprint density at radius 1 is 1.23 bits per heavy atom. The van der Waals surface area contributed by atoms with Crippen molar-refractivity contribution in [2.24, 2.45) is 0 Å². The molecule has 0 fully saturated rings. The fourth-order valence-corrected chi connectivity index (χ4v) is 4.53. The van der Waals surface area contributed by atoms with Crippen LogP contribution in [0, 0.1) is 6.92 Å². The predicted molar refractivity (Wildman–Crippen MR) is 107 cm³/mol. The number of hydrogen-bond donors (Lipinski definition) is 1. The number of nitrogens with zero attached hydrogens (tertiary/aromatic N) is 3. The molecule has 4 aromatic rings. The topological polar surface area (TPSA) is 59.8 Å². The zero-order valence-electron chi connectivity index (χ0n) is 14.3. The fourth-order valence-electron chi connectivity index (χ4n) is 2.90. The molecule has 0 aliphatic rings. The van der Waals surface area contributed by atoms with Crippen LogP contribution in [0.3, 0.4) is 0 Å². The second-order valence-corrected chi connectivity index (χ2v) is 7.89. The number of amides is 1. The summed E-state index contributed by atoms with van der Waals surface area (Å²) in [5, 5.41) is 5.89. The number of carbonyl (C=O) groups is 1. The van der Waals surface area contributed by atoms with E-state index in [0.29, 0.717) is 11.4 Å². The molecule has 0 bridgehead atoms. The Balaban J connectivity index is 1.33. The number of thiazole rings is 1. The molecular weight excluding hydrogens is 364 g/mol. The van der Waals surface area contributed by atoms with Gasteiger partial charge in [-0.1, -0.05) is 18.2 Å². The Morgan fingerprint density at radius 3 is 2.96 bits per heavy atom. The second kappa shape index (κ2) is 7.39. The minimum atomic E-state index is -0.0579. The number of aryl methyl sites for hydroxylation is 2. The van der Waals surface area contributed by atoms with Crippen molar-refractivity contribution in [1.29, 1.82) is 0 Å². The zero-order chi connectivity index (χ0) is 17.9. The molecule has 7 heteroatoms. The number of imidazole rings is 1. The third kappa shape index (κ3) is 3.40. The third-order valence-electron chi connectivity index (χ3n) is 4.15. The van der Waals surface area contributed by atoms with Gasteiger partial charge in [0.05, 0.1) is 22.1 Å². The summed E-state index contributed by atoms with van der Waals surface area (Å²) in [7, 11) is 0. The first-order chi connectivity index (χ1) is 12.7. The van der Waals surface area contributed by atoms with E-state index in [4.69, 9.17) is 0 Å². The van der Waals surface area contributed by atoms with Gasteiger partial charge in [0.1, 0.15) is 15.7 Å². The van der Waals surface area contributed by atoms with Crippen molar-refractivity contribution < 1.29 is 4.79 Å². The molecule has 0 unspecified atom stereocenters. The van der Waals surface area contributed by atoms with Gasteiger partial charge >= 0.3 is 0 Å². The smallest absolute Gasteiger partial charge is 0.263 e.